The SMILES string of the molecule is COc1cc(OC)cc(OC(c2cccs2)C(C)N)c1. The van der Waals surface area contributed by atoms with Gasteiger partial charge in [-0.1, -0.05) is 6.07 Å². The third kappa shape index (κ3) is 3.43. The van der Waals surface area contributed by atoms with Crippen LogP contribution in [-0.4, -0.2) is 20.3 Å². The summed E-state index contributed by atoms with van der Waals surface area (Å²) in [5, 5.41) is 2.01. The smallest absolute Gasteiger partial charge is 0.148 e. The molecule has 2 N–H and O–H groups in total. The van der Waals surface area contributed by atoms with Crippen LogP contribution in [0.25, 0.3) is 0 Å². The van der Waals surface area contributed by atoms with Crippen LogP contribution in [0.2, 0.25) is 0 Å². The first kappa shape index (κ1) is 14.7. The van der Waals surface area contributed by atoms with Crippen LogP contribution < -0.4 is 19.9 Å². The van der Waals surface area contributed by atoms with Gasteiger partial charge in [0, 0.05) is 29.1 Å². The van der Waals surface area contributed by atoms with Crippen molar-refractivity contribution in [2.45, 2.75) is 19.1 Å². The van der Waals surface area contributed by atoms with E-state index in [9.17, 15) is 0 Å². The summed E-state index contributed by atoms with van der Waals surface area (Å²) in [5.74, 6) is 2.06. The minimum atomic E-state index is -0.188. The molecule has 5 heteroatoms. The number of benzene rings is 1. The lowest BCUT2D eigenvalue weighted by molar-refractivity contribution is 0.183. The first-order valence-electron chi connectivity index (χ1n) is 6.32. The maximum atomic E-state index is 6.04. The fourth-order valence-electron chi connectivity index (χ4n) is 1.87. The molecule has 0 aliphatic rings. The van der Waals surface area contributed by atoms with Crippen molar-refractivity contribution in [3.05, 3.63) is 40.6 Å². The van der Waals surface area contributed by atoms with Gasteiger partial charge < -0.3 is 19.9 Å². The van der Waals surface area contributed by atoms with Gasteiger partial charge in [-0.3, -0.25) is 0 Å². The van der Waals surface area contributed by atoms with Crippen molar-refractivity contribution in [3.8, 4) is 17.2 Å². The molecule has 0 aliphatic heterocycles. The van der Waals surface area contributed by atoms with Crippen molar-refractivity contribution in [3.63, 3.8) is 0 Å². The number of hydrogen-bond acceptors (Lipinski definition) is 5. The molecule has 0 aliphatic carbocycles. The molecule has 0 fully saturated rings. The molecule has 0 saturated carbocycles. The summed E-state index contributed by atoms with van der Waals surface area (Å²) >= 11 is 1.63. The van der Waals surface area contributed by atoms with Gasteiger partial charge in [0.25, 0.3) is 0 Å². The van der Waals surface area contributed by atoms with E-state index in [1.807, 2.05) is 36.6 Å². The fourth-order valence-corrected chi connectivity index (χ4v) is 2.74. The summed E-state index contributed by atoms with van der Waals surface area (Å²) in [7, 11) is 3.22. The highest BCUT2D eigenvalue weighted by Gasteiger charge is 2.20. The molecule has 0 bridgehead atoms. The molecule has 4 nitrogen and oxygen atoms in total. The minimum Gasteiger partial charge on any atom is -0.496 e. The van der Waals surface area contributed by atoms with Crippen molar-refractivity contribution in [2.24, 2.45) is 5.73 Å². The zero-order valence-electron chi connectivity index (χ0n) is 11.8. The number of thiophene rings is 1. The quantitative estimate of drug-likeness (QED) is 0.888. The Kier molecular flexibility index (Phi) is 4.87. The normalized spacial score (nSPS) is 13.6. The molecule has 2 aromatic rings. The Morgan fingerprint density at radius 2 is 1.65 bits per heavy atom. The first-order valence-corrected chi connectivity index (χ1v) is 7.20. The fraction of sp³-hybridized carbons (Fsp3) is 0.333. The molecular weight excluding hydrogens is 274 g/mol. The van der Waals surface area contributed by atoms with Crippen LogP contribution in [0.3, 0.4) is 0 Å². The first-order chi connectivity index (χ1) is 9.63. The topological polar surface area (TPSA) is 53.7 Å². The maximum absolute atomic E-state index is 6.04. The Morgan fingerprint density at radius 3 is 2.10 bits per heavy atom. The monoisotopic (exact) mass is 293 g/mol. The predicted molar refractivity (Wildman–Crippen MR) is 80.9 cm³/mol. The zero-order valence-corrected chi connectivity index (χ0v) is 12.6. The van der Waals surface area contributed by atoms with Crippen molar-refractivity contribution >= 4 is 11.3 Å². The van der Waals surface area contributed by atoms with Gasteiger partial charge in [0.2, 0.25) is 0 Å². The molecule has 2 unspecified atom stereocenters. The second-order valence-electron chi connectivity index (χ2n) is 4.46. The molecule has 1 aromatic carbocycles. The number of hydrogen-bond donors (Lipinski definition) is 1. The molecule has 0 amide bonds. The Labute approximate surface area is 123 Å². The molecule has 108 valence electrons. The second-order valence-corrected chi connectivity index (χ2v) is 5.44. The van der Waals surface area contributed by atoms with Crippen molar-refractivity contribution in [2.75, 3.05) is 14.2 Å². The lowest BCUT2D eigenvalue weighted by Gasteiger charge is -2.22. The summed E-state index contributed by atoms with van der Waals surface area (Å²) in [5.41, 5.74) is 6.04. The van der Waals surface area contributed by atoms with Crippen molar-refractivity contribution in [1.82, 2.24) is 0 Å². The molecule has 20 heavy (non-hydrogen) atoms. The van der Waals surface area contributed by atoms with Gasteiger partial charge in [0.05, 0.1) is 14.2 Å². The van der Waals surface area contributed by atoms with Crippen LogP contribution in [0.5, 0.6) is 17.2 Å². The van der Waals surface area contributed by atoms with Crippen LogP contribution in [0.1, 0.15) is 17.9 Å². The van der Waals surface area contributed by atoms with Crippen LogP contribution in [-0.2, 0) is 0 Å². The van der Waals surface area contributed by atoms with Crippen molar-refractivity contribution < 1.29 is 14.2 Å². The van der Waals surface area contributed by atoms with Gasteiger partial charge >= 0.3 is 0 Å². The highest BCUT2D eigenvalue weighted by atomic mass is 32.1. The Morgan fingerprint density at radius 1 is 1.05 bits per heavy atom. The van der Waals surface area contributed by atoms with Gasteiger partial charge in [-0.05, 0) is 18.4 Å². The summed E-state index contributed by atoms with van der Waals surface area (Å²) in [6.45, 7) is 1.93. The van der Waals surface area contributed by atoms with E-state index in [0.717, 1.165) is 4.88 Å². The highest BCUT2D eigenvalue weighted by molar-refractivity contribution is 7.10. The molecule has 1 aromatic heterocycles. The Balaban J connectivity index is 2.26. The van der Waals surface area contributed by atoms with Gasteiger partial charge in [-0.25, -0.2) is 0 Å². The molecule has 2 rings (SSSR count). The van der Waals surface area contributed by atoms with Gasteiger partial charge in [0.1, 0.15) is 23.4 Å². The van der Waals surface area contributed by atoms with Crippen LogP contribution in [0.15, 0.2) is 35.7 Å². The molecular formula is C15H19NO3S. The van der Waals surface area contributed by atoms with Gasteiger partial charge in [-0.15, -0.1) is 11.3 Å². The summed E-state index contributed by atoms with van der Waals surface area (Å²) < 4.78 is 16.5. The summed E-state index contributed by atoms with van der Waals surface area (Å²) in [4.78, 5) is 1.10. The average Bonchev–Trinajstić information content (AvgIpc) is 2.97. The zero-order chi connectivity index (χ0) is 14.5. The Bertz CT molecular complexity index is 518. The largest absolute Gasteiger partial charge is 0.496 e. The number of methoxy groups -OCH3 is 2. The second kappa shape index (κ2) is 6.63. The summed E-state index contributed by atoms with van der Waals surface area (Å²) in [6, 6.07) is 9.35. The maximum Gasteiger partial charge on any atom is 0.148 e. The van der Waals surface area contributed by atoms with E-state index in [4.69, 9.17) is 19.9 Å². The molecule has 1 heterocycles. The van der Waals surface area contributed by atoms with Crippen LogP contribution in [0.4, 0.5) is 0 Å². The lowest BCUT2D eigenvalue weighted by atomic mass is 10.1. The van der Waals surface area contributed by atoms with Crippen LogP contribution >= 0.6 is 11.3 Å². The van der Waals surface area contributed by atoms with Crippen molar-refractivity contribution in [1.29, 1.82) is 0 Å². The number of ether oxygens (including phenoxy) is 3. The number of nitrogens with two attached hydrogens (primary N) is 1. The van der Waals surface area contributed by atoms with Gasteiger partial charge in [-0.2, -0.15) is 0 Å². The molecule has 0 radical (unpaired) electrons. The highest BCUT2D eigenvalue weighted by Crippen LogP contribution is 2.32. The van der Waals surface area contributed by atoms with E-state index >= 15 is 0 Å². The lowest BCUT2D eigenvalue weighted by Crippen LogP contribution is -2.28. The average molecular weight is 293 g/mol. The number of rotatable bonds is 6. The third-order valence-corrected chi connectivity index (χ3v) is 3.82. The third-order valence-electron chi connectivity index (χ3n) is 2.89. The standard InChI is InChI=1S/C15H19NO3S/c1-10(16)15(14-5-4-6-20-14)19-13-8-11(17-2)7-12(9-13)18-3/h4-10,15H,16H2,1-3H3. The van der Waals surface area contributed by atoms with E-state index in [0.29, 0.717) is 17.2 Å². The van der Waals surface area contributed by atoms with Gasteiger partial charge in [0.15, 0.2) is 0 Å². The van der Waals surface area contributed by atoms with Crippen LogP contribution in [0, 0.1) is 0 Å². The van der Waals surface area contributed by atoms with E-state index < -0.39 is 0 Å². The molecule has 0 saturated heterocycles. The molecule has 2 atom stereocenters. The molecule has 0 spiro atoms. The van der Waals surface area contributed by atoms with E-state index in [-0.39, 0.29) is 12.1 Å². The summed E-state index contributed by atoms with van der Waals surface area (Å²) in [6.07, 6.45) is -0.188. The van der Waals surface area contributed by atoms with E-state index in [1.54, 1.807) is 31.6 Å². The minimum absolute atomic E-state index is 0.120. The Hall–Kier alpha value is -1.72. The van der Waals surface area contributed by atoms with E-state index in [2.05, 4.69) is 0 Å². The van der Waals surface area contributed by atoms with E-state index in [1.165, 1.54) is 0 Å². The predicted octanol–water partition coefficient (Wildman–Crippen LogP) is 3.23.